The highest BCUT2D eigenvalue weighted by molar-refractivity contribution is 5.96. The van der Waals surface area contributed by atoms with Gasteiger partial charge in [0, 0.05) is 11.1 Å². The van der Waals surface area contributed by atoms with Gasteiger partial charge in [-0.2, -0.15) is 0 Å². The van der Waals surface area contributed by atoms with Gasteiger partial charge in [0.25, 0.3) is 5.91 Å². The Bertz CT molecular complexity index is 903. The van der Waals surface area contributed by atoms with Crippen molar-refractivity contribution in [1.82, 2.24) is 10.3 Å². The molecule has 6 heteroatoms. The highest BCUT2D eigenvalue weighted by Crippen LogP contribution is 2.18. The second-order valence-corrected chi connectivity index (χ2v) is 5.72. The summed E-state index contributed by atoms with van der Waals surface area (Å²) >= 11 is 0. The smallest absolute Gasteiger partial charge is 0.325 e. The normalized spacial score (nSPS) is 10.3. The molecule has 0 fully saturated rings. The van der Waals surface area contributed by atoms with Crippen molar-refractivity contribution in [3.8, 4) is 11.5 Å². The summed E-state index contributed by atoms with van der Waals surface area (Å²) in [6, 6.07) is 16.6. The van der Waals surface area contributed by atoms with E-state index in [1.54, 1.807) is 18.2 Å². The van der Waals surface area contributed by atoms with E-state index in [0.717, 1.165) is 11.1 Å². The minimum Gasteiger partial charge on any atom is -0.458 e. The van der Waals surface area contributed by atoms with E-state index in [4.69, 9.17) is 9.15 Å². The van der Waals surface area contributed by atoms with Gasteiger partial charge < -0.3 is 14.5 Å². The standard InChI is InChI=1S/C20H18N2O4/c1-14-6-5-9-16(10-14)19(24)21-11-18(23)25-12-17-13-26-20(22-17)15-7-3-2-4-8-15/h2-10,13H,11-12H2,1H3,(H,21,24). The molecule has 0 unspecified atom stereocenters. The number of benzene rings is 2. The van der Waals surface area contributed by atoms with Crippen molar-refractivity contribution >= 4 is 11.9 Å². The van der Waals surface area contributed by atoms with Crippen LogP contribution in [0.5, 0.6) is 0 Å². The predicted molar refractivity (Wildman–Crippen MR) is 95.2 cm³/mol. The second-order valence-electron chi connectivity index (χ2n) is 5.72. The Labute approximate surface area is 150 Å². The lowest BCUT2D eigenvalue weighted by Gasteiger charge is -2.06. The number of carbonyl (C=O) groups is 2. The van der Waals surface area contributed by atoms with E-state index >= 15 is 0 Å². The predicted octanol–water partition coefficient (Wildman–Crippen LogP) is 3.12. The highest BCUT2D eigenvalue weighted by atomic mass is 16.5. The Morgan fingerprint density at radius 3 is 2.69 bits per heavy atom. The third-order valence-electron chi connectivity index (χ3n) is 3.63. The van der Waals surface area contributed by atoms with E-state index < -0.39 is 5.97 Å². The summed E-state index contributed by atoms with van der Waals surface area (Å²) in [6.07, 6.45) is 1.45. The molecule has 26 heavy (non-hydrogen) atoms. The Balaban J connectivity index is 1.47. The molecule has 0 spiro atoms. The summed E-state index contributed by atoms with van der Waals surface area (Å²) < 4.78 is 10.5. The maximum Gasteiger partial charge on any atom is 0.325 e. The molecule has 0 saturated heterocycles. The van der Waals surface area contributed by atoms with Crippen molar-refractivity contribution in [2.75, 3.05) is 6.54 Å². The van der Waals surface area contributed by atoms with E-state index in [1.807, 2.05) is 43.3 Å². The molecule has 0 aliphatic rings. The van der Waals surface area contributed by atoms with Crippen LogP contribution in [0.4, 0.5) is 0 Å². The van der Waals surface area contributed by atoms with Gasteiger partial charge in [0.2, 0.25) is 5.89 Å². The number of ether oxygens (including phenoxy) is 1. The fourth-order valence-corrected chi connectivity index (χ4v) is 2.33. The van der Waals surface area contributed by atoms with Crippen LogP contribution < -0.4 is 5.32 Å². The molecule has 0 bridgehead atoms. The van der Waals surface area contributed by atoms with E-state index in [2.05, 4.69) is 10.3 Å². The minimum absolute atomic E-state index is 0.0184. The first-order valence-electron chi connectivity index (χ1n) is 8.12. The van der Waals surface area contributed by atoms with E-state index in [0.29, 0.717) is 17.1 Å². The maximum atomic E-state index is 12.0. The molecule has 0 radical (unpaired) electrons. The molecule has 0 atom stereocenters. The van der Waals surface area contributed by atoms with Crippen LogP contribution in [0, 0.1) is 6.92 Å². The molecule has 0 saturated carbocycles. The summed E-state index contributed by atoms with van der Waals surface area (Å²) in [4.78, 5) is 28.1. The van der Waals surface area contributed by atoms with Crippen LogP contribution in [0.25, 0.3) is 11.5 Å². The van der Waals surface area contributed by atoms with Crippen LogP contribution in [-0.2, 0) is 16.1 Å². The Kier molecular flexibility index (Phi) is 5.43. The van der Waals surface area contributed by atoms with Gasteiger partial charge >= 0.3 is 5.97 Å². The highest BCUT2D eigenvalue weighted by Gasteiger charge is 2.11. The molecule has 1 amide bonds. The van der Waals surface area contributed by atoms with Gasteiger partial charge in [0.15, 0.2) is 0 Å². The van der Waals surface area contributed by atoms with Crippen molar-refractivity contribution in [2.24, 2.45) is 0 Å². The first-order chi connectivity index (χ1) is 12.6. The monoisotopic (exact) mass is 350 g/mol. The summed E-state index contributed by atoms with van der Waals surface area (Å²) in [5.74, 6) is -0.405. The zero-order valence-corrected chi connectivity index (χ0v) is 14.3. The molecular formula is C20H18N2O4. The number of nitrogens with zero attached hydrogens (tertiary/aromatic N) is 1. The number of nitrogens with one attached hydrogen (secondary N) is 1. The fourth-order valence-electron chi connectivity index (χ4n) is 2.33. The molecule has 1 N–H and O–H groups in total. The first kappa shape index (κ1) is 17.4. The SMILES string of the molecule is Cc1cccc(C(=O)NCC(=O)OCc2coc(-c3ccccc3)n2)c1. The average Bonchev–Trinajstić information content (AvgIpc) is 3.14. The lowest BCUT2D eigenvalue weighted by Crippen LogP contribution is -2.30. The van der Waals surface area contributed by atoms with Gasteiger partial charge in [0.05, 0.1) is 0 Å². The number of hydrogen-bond acceptors (Lipinski definition) is 5. The van der Waals surface area contributed by atoms with Crippen molar-refractivity contribution in [3.05, 3.63) is 77.7 Å². The number of aromatic nitrogens is 1. The summed E-state index contributed by atoms with van der Waals surface area (Å²) in [6.45, 7) is 1.66. The number of esters is 1. The Hall–Kier alpha value is -3.41. The first-order valence-corrected chi connectivity index (χ1v) is 8.12. The van der Waals surface area contributed by atoms with E-state index in [1.165, 1.54) is 6.26 Å². The molecule has 3 aromatic rings. The van der Waals surface area contributed by atoms with Gasteiger partial charge in [-0.3, -0.25) is 9.59 Å². The van der Waals surface area contributed by atoms with E-state index in [9.17, 15) is 9.59 Å². The van der Waals surface area contributed by atoms with Gasteiger partial charge in [-0.1, -0.05) is 35.9 Å². The third-order valence-corrected chi connectivity index (χ3v) is 3.63. The molecule has 1 heterocycles. The minimum atomic E-state index is -0.546. The van der Waals surface area contributed by atoms with Crippen molar-refractivity contribution in [3.63, 3.8) is 0 Å². The fraction of sp³-hybridized carbons (Fsp3) is 0.150. The van der Waals surface area contributed by atoms with Gasteiger partial charge in [-0.05, 0) is 31.2 Å². The zero-order chi connectivity index (χ0) is 18.4. The molecule has 1 aromatic heterocycles. The van der Waals surface area contributed by atoms with Crippen LogP contribution in [-0.4, -0.2) is 23.4 Å². The van der Waals surface area contributed by atoms with Gasteiger partial charge in [-0.25, -0.2) is 4.98 Å². The van der Waals surface area contributed by atoms with Crippen LogP contribution in [0.15, 0.2) is 65.3 Å². The van der Waals surface area contributed by atoms with E-state index in [-0.39, 0.29) is 19.1 Å². The number of aryl methyl sites for hydroxylation is 1. The summed E-state index contributed by atoms with van der Waals surface area (Å²) in [5.41, 5.74) is 2.82. The number of carbonyl (C=O) groups excluding carboxylic acids is 2. The Morgan fingerprint density at radius 1 is 1.12 bits per heavy atom. The molecule has 132 valence electrons. The topological polar surface area (TPSA) is 81.4 Å². The summed E-state index contributed by atoms with van der Waals surface area (Å²) in [5, 5.41) is 2.54. The van der Waals surface area contributed by atoms with Crippen molar-refractivity contribution < 1.29 is 18.7 Å². The number of oxazole rings is 1. The molecule has 3 rings (SSSR count). The largest absolute Gasteiger partial charge is 0.458 e. The van der Waals surface area contributed by atoms with Gasteiger partial charge in [-0.15, -0.1) is 0 Å². The van der Waals surface area contributed by atoms with Crippen LogP contribution in [0.3, 0.4) is 0 Å². The zero-order valence-electron chi connectivity index (χ0n) is 14.3. The number of rotatable bonds is 6. The molecule has 2 aromatic carbocycles. The second kappa shape index (κ2) is 8.11. The average molecular weight is 350 g/mol. The summed E-state index contributed by atoms with van der Waals surface area (Å²) in [7, 11) is 0. The van der Waals surface area contributed by atoms with Crippen molar-refractivity contribution in [1.29, 1.82) is 0 Å². The molecule has 0 aliphatic carbocycles. The van der Waals surface area contributed by atoms with Crippen molar-refractivity contribution in [2.45, 2.75) is 13.5 Å². The van der Waals surface area contributed by atoms with Crippen LogP contribution >= 0.6 is 0 Å². The number of hydrogen-bond donors (Lipinski definition) is 1. The molecule has 0 aliphatic heterocycles. The molecule has 6 nitrogen and oxygen atoms in total. The van der Waals surface area contributed by atoms with Crippen LogP contribution in [0.2, 0.25) is 0 Å². The van der Waals surface area contributed by atoms with Crippen LogP contribution in [0.1, 0.15) is 21.6 Å². The lowest BCUT2D eigenvalue weighted by molar-refractivity contribution is -0.143. The quantitative estimate of drug-likeness (QED) is 0.691. The Morgan fingerprint density at radius 2 is 1.92 bits per heavy atom. The molecular weight excluding hydrogens is 332 g/mol. The lowest BCUT2D eigenvalue weighted by atomic mass is 10.1. The third kappa shape index (κ3) is 4.57. The van der Waals surface area contributed by atoms with Gasteiger partial charge in [0.1, 0.15) is 25.1 Å². The number of amides is 1. The maximum absolute atomic E-state index is 12.0.